The molecule has 0 aliphatic carbocycles. The zero-order valence-electron chi connectivity index (χ0n) is 10.9. The Kier molecular flexibility index (Phi) is 3.89. The van der Waals surface area contributed by atoms with Crippen LogP contribution in [0.5, 0.6) is 0 Å². The predicted octanol–water partition coefficient (Wildman–Crippen LogP) is 1.98. The first kappa shape index (κ1) is 13.2. The zero-order valence-corrected chi connectivity index (χ0v) is 10.9. The second-order valence-corrected chi connectivity index (χ2v) is 5.01. The number of rotatable bonds is 2. The fraction of sp³-hybridized carbons (Fsp3) is 0.385. The van der Waals surface area contributed by atoms with E-state index in [1.54, 1.807) is 0 Å². The van der Waals surface area contributed by atoms with Crippen molar-refractivity contribution in [3.8, 4) is 0 Å². The molecule has 0 aliphatic heterocycles. The standard InChI is InChI=1S/C13H20N4/c1-9(16-17-12(14)15)10-7-5-6-8-11(10)13(2,3)4/h5-8H,1-4H3,(H4,14,15,17). The van der Waals surface area contributed by atoms with Crippen molar-refractivity contribution in [1.29, 1.82) is 0 Å². The normalized spacial score (nSPS) is 12.4. The van der Waals surface area contributed by atoms with Crippen molar-refractivity contribution in [2.24, 2.45) is 21.7 Å². The van der Waals surface area contributed by atoms with E-state index in [-0.39, 0.29) is 11.4 Å². The fourth-order valence-corrected chi connectivity index (χ4v) is 1.64. The minimum Gasteiger partial charge on any atom is -0.369 e. The number of hydrogen-bond donors (Lipinski definition) is 2. The summed E-state index contributed by atoms with van der Waals surface area (Å²) in [6, 6.07) is 8.14. The molecule has 0 aliphatic rings. The molecule has 1 rings (SSSR count). The number of benzene rings is 1. The van der Waals surface area contributed by atoms with E-state index in [1.807, 2.05) is 25.1 Å². The lowest BCUT2D eigenvalue weighted by molar-refractivity contribution is 0.589. The van der Waals surface area contributed by atoms with Gasteiger partial charge in [0, 0.05) is 5.56 Å². The van der Waals surface area contributed by atoms with Crippen LogP contribution in [0.2, 0.25) is 0 Å². The van der Waals surface area contributed by atoms with E-state index >= 15 is 0 Å². The Morgan fingerprint density at radius 3 is 2.18 bits per heavy atom. The number of guanidine groups is 1. The van der Waals surface area contributed by atoms with Crippen LogP contribution >= 0.6 is 0 Å². The highest BCUT2D eigenvalue weighted by molar-refractivity contribution is 6.00. The maximum absolute atomic E-state index is 5.26. The van der Waals surface area contributed by atoms with Crippen molar-refractivity contribution < 1.29 is 0 Å². The smallest absolute Gasteiger partial charge is 0.211 e. The van der Waals surface area contributed by atoms with Crippen LogP contribution in [0, 0.1) is 0 Å². The van der Waals surface area contributed by atoms with Crippen molar-refractivity contribution in [2.45, 2.75) is 33.1 Å². The topological polar surface area (TPSA) is 76.8 Å². The molecule has 0 heterocycles. The van der Waals surface area contributed by atoms with Crippen LogP contribution in [0.4, 0.5) is 0 Å². The Balaban J connectivity index is 3.23. The highest BCUT2D eigenvalue weighted by atomic mass is 15.3. The van der Waals surface area contributed by atoms with Crippen LogP contribution in [0.3, 0.4) is 0 Å². The lowest BCUT2D eigenvalue weighted by atomic mass is 9.83. The summed E-state index contributed by atoms with van der Waals surface area (Å²) in [5, 5.41) is 7.71. The van der Waals surface area contributed by atoms with Crippen molar-refractivity contribution in [2.75, 3.05) is 0 Å². The third kappa shape index (κ3) is 3.59. The summed E-state index contributed by atoms with van der Waals surface area (Å²) in [6.07, 6.45) is 0. The minimum absolute atomic E-state index is 0.0300. The average Bonchev–Trinajstić information content (AvgIpc) is 2.24. The van der Waals surface area contributed by atoms with E-state index in [4.69, 9.17) is 11.5 Å². The summed E-state index contributed by atoms with van der Waals surface area (Å²) >= 11 is 0. The molecule has 0 saturated heterocycles. The highest BCUT2D eigenvalue weighted by Crippen LogP contribution is 2.26. The Bertz CT molecular complexity index is 449. The van der Waals surface area contributed by atoms with Gasteiger partial charge >= 0.3 is 0 Å². The summed E-state index contributed by atoms with van der Waals surface area (Å²) in [5.41, 5.74) is 13.7. The van der Waals surface area contributed by atoms with Crippen LogP contribution in [-0.4, -0.2) is 11.7 Å². The Morgan fingerprint density at radius 1 is 1.06 bits per heavy atom. The summed E-state index contributed by atoms with van der Waals surface area (Å²) in [5.74, 6) is -0.0300. The lowest BCUT2D eigenvalue weighted by Crippen LogP contribution is -2.22. The molecule has 4 nitrogen and oxygen atoms in total. The molecule has 1 aromatic carbocycles. The molecular formula is C13H20N4. The third-order valence-corrected chi connectivity index (χ3v) is 2.44. The molecule has 0 bridgehead atoms. The van der Waals surface area contributed by atoms with E-state index in [0.717, 1.165) is 11.3 Å². The summed E-state index contributed by atoms with van der Waals surface area (Å²) in [7, 11) is 0. The van der Waals surface area contributed by atoms with Gasteiger partial charge in [-0.25, -0.2) is 0 Å². The fourth-order valence-electron chi connectivity index (χ4n) is 1.64. The SMILES string of the molecule is CC(=NN=C(N)N)c1ccccc1C(C)(C)C. The minimum atomic E-state index is -0.0300. The second kappa shape index (κ2) is 4.99. The monoisotopic (exact) mass is 232 g/mol. The van der Waals surface area contributed by atoms with Gasteiger partial charge in [0.25, 0.3) is 0 Å². The first-order chi connectivity index (χ1) is 7.82. The Morgan fingerprint density at radius 2 is 1.65 bits per heavy atom. The van der Waals surface area contributed by atoms with Crippen LogP contribution in [0.15, 0.2) is 34.5 Å². The van der Waals surface area contributed by atoms with Gasteiger partial charge < -0.3 is 11.5 Å². The summed E-state index contributed by atoms with van der Waals surface area (Å²) in [4.78, 5) is 0. The van der Waals surface area contributed by atoms with E-state index in [0.29, 0.717) is 0 Å². The molecular weight excluding hydrogens is 212 g/mol. The summed E-state index contributed by atoms with van der Waals surface area (Å²) < 4.78 is 0. The zero-order chi connectivity index (χ0) is 13.1. The number of hydrogen-bond acceptors (Lipinski definition) is 2. The van der Waals surface area contributed by atoms with Crippen molar-refractivity contribution in [3.05, 3.63) is 35.4 Å². The van der Waals surface area contributed by atoms with Crippen LogP contribution in [-0.2, 0) is 5.41 Å². The van der Waals surface area contributed by atoms with Gasteiger partial charge in [-0.3, -0.25) is 0 Å². The maximum atomic E-state index is 5.26. The average molecular weight is 232 g/mol. The molecule has 4 N–H and O–H groups in total. The Labute approximate surface area is 102 Å². The molecule has 0 amide bonds. The van der Waals surface area contributed by atoms with Gasteiger partial charge in [0.05, 0.1) is 5.71 Å². The van der Waals surface area contributed by atoms with E-state index in [1.165, 1.54) is 5.56 Å². The van der Waals surface area contributed by atoms with E-state index in [2.05, 4.69) is 37.0 Å². The van der Waals surface area contributed by atoms with E-state index < -0.39 is 0 Å². The molecule has 0 atom stereocenters. The molecule has 1 aromatic rings. The highest BCUT2D eigenvalue weighted by Gasteiger charge is 2.18. The van der Waals surface area contributed by atoms with Crippen molar-refractivity contribution in [3.63, 3.8) is 0 Å². The van der Waals surface area contributed by atoms with Gasteiger partial charge in [0.2, 0.25) is 5.96 Å². The Hall–Kier alpha value is -1.84. The quantitative estimate of drug-likeness (QED) is 0.464. The van der Waals surface area contributed by atoms with Crippen molar-refractivity contribution in [1.82, 2.24) is 0 Å². The first-order valence-corrected chi connectivity index (χ1v) is 5.55. The number of nitrogens with two attached hydrogens (primary N) is 2. The van der Waals surface area contributed by atoms with Gasteiger partial charge in [-0.2, -0.15) is 5.10 Å². The molecule has 92 valence electrons. The summed E-state index contributed by atoms with van der Waals surface area (Å²) in [6.45, 7) is 8.40. The number of nitrogens with zero attached hydrogens (tertiary/aromatic N) is 2. The second-order valence-electron chi connectivity index (χ2n) is 5.01. The predicted molar refractivity (Wildman–Crippen MR) is 73.2 cm³/mol. The maximum Gasteiger partial charge on any atom is 0.211 e. The van der Waals surface area contributed by atoms with Gasteiger partial charge in [-0.1, -0.05) is 45.0 Å². The van der Waals surface area contributed by atoms with Gasteiger partial charge in [-0.05, 0) is 17.9 Å². The molecule has 0 unspecified atom stereocenters. The molecule has 0 radical (unpaired) electrons. The molecule has 17 heavy (non-hydrogen) atoms. The van der Waals surface area contributed by atoms with E-state index in [9.17, 15) is 0 Å². The molecule has 0 spiro atoms. The molecule has 0 fully saturated rings. The van der Waals surface area contributed by atoms with Crippen LogP contribution in [0.25, 0.3) is 0 Å². The van der Waals surface area contributed by atoms with Crippen LogP contribution < -0.4 is 11.5 Å². The van der Waals surface area contributed by atoms with Gasteiger partial charge in [0.15, 0.2) is 0 Å². The van der Waals surface area contributed by atoms with Crippen LogP contribution in [0.1, 0.15) is 38.8 Å². The van der Waals surface area contributed by atoms with Gasteiger partial charge in [-0.15, -0.1) is 5.10 Å². The lowest BCUT2D eigenvalue weighted by Gasteiger charge is -2.22. The van der Waals surface area contributed by atoms with Gasteiger partial charge in [0.1, 0.15) is 0 Å². The molecule has 0 aromatic heterocycles. The van der Waals surface area contributed by atoms with Crippen molar-refractivity contribution >= 4 is 11.7 Å². The molecule has 0 saturated carbocycles. The first-order valence-electron chi connectivity index (χ1n) is 5.55. The molecule has 4 heteroatoms. The largest absolute Gasteiger partial charge is 0.369 e. The third-order valence-electron chi connectivity index (χ3n) is 2.44.